The van der Waals surface area contributed by atoms with Crippen molar-refractivity contribution in [3.63, 3.8) is 0 Å². The van der Waals surface area contributed by atoms with E-state index in [0.29, 0.717) is 0 Å². The molecule has 1 nitrogen and oxygen atoms in total. The molecule has 0 bridgehead atoms. The van der Waals surface area contributed by atoms with Crippen molar-refractivity contribution in [3.8, 4) is 0 Å². The summed E-state index contributed by atoms with van der Waals surface area (Å²) < 4.78 is 0. The quantitative estimate of drug-likeness (QED) is 0.860. The highest BCUT2D eigenvalue weighted by molar-refractivity contribution is 7.99. The molecule has 0 spiro atoms. The molecule has 2 rings (SSSR count). The first-order chi connectivity index (χ1) is 9.15. The zero-order chi connectivity index (χ0) is 13.7. The van der Waals surface area contributed by atoms with Crippen molar-refractivity contribution in [1.82, 2.24) is 0 Å². The lowest BCUT2D eigenvalue weighted by Gasteiger charge is -2.22. The fourth-order valence-corrected chi connectivity index (χ4v) is 4.27. The molecular weight excluding hydrogens is 274 g/mol. The lowest BCUT2D eigenvalue weighted by atomic mass is 10.0. The van der Waals surface area contributed by atoms with E-state index in [2.05, 4.69) is 30.8 Å². The topological polar surface area (TPSA) is 26.0 Å². The fraction of sp³-hybridized carbons (Fsp3) is 0.625. The molecule has 0 heterocycles. The minimum atomic E-state index is 0.215. The molecule has 0 amide bonds. The Kier molecular flexibility index (Phi) is 6.06. The van der Waals surface area contributed by atoms with Crippen LogP contribution in [0, 0.1) is 6.92 Å². The van der Waals surface area contributed by atoms with Crippen molar-refractivity contribution < 1.29 is 0 Å². The average Bonchev–Trinajstić information content (AvgIpc) is 2.41. The summed E-state index contributed by atoms with van der Waals surface area (Å²) in [5.41, 5.74) is 8.64. The molecule has 1 atom stereocenters. The van der Waals surface area contributed by atoms with Crippen molar-refractivity contribution in [3.05, 3.63) is 34.3 Å². The first-order valence-corrected chi connectivity index (χ1v) is 8.70. The van der Waals surface area contributed by atoms with E-state index >= 15 is 0 Å². The number of rotatable bonds is 5. The summed E-state index contributed by atoms with van der Waals surface area (Å²) in [6.45, 7) is 2.06. The number of nitrogens with two attached hydrogens (primary N) is 1. The lowest BCUT2D eigenvalue weighted by Crippen LogP contribution is -2.27. The van der Waals surface area contributed by atoms with E-state index in [-0.39, 0.29) is 6.04 Å². The third-order valence-electron chi connectivity index (χ3n) is 3.79. The van der Waals surface area contributed by atoms with Gasteiger partial charge in [0.2, 0.25) is 0 Å². The molecule has 1 fully saturated rings. The van der Waals surface area contributed by atoms with Gasteiger partial charge >= 0.3 is 0 Å². The van der Waals surface area contributed by atoms with Gasteiger partial charge < -0.3 is 5.73 Å². The van der Waals surface area contributed by atoms with Gasteiger partial charge in [-0.25, -0.2) is 0 Å². The van der Waals surface area contributed by atoms with E-state index < -0.39 is 0 Å². The summed E-state index contributed by atoms with van der Waals surface area (Å²) >= 11 is 8.33. The first-order valence-electron chi connectivity index (χ1n) is 7.27. The lowest BCUT2D eigenvalue weighted by molar-refractivity contribution is 0.515. The van der Waals surface area contributed by atoms with Crippen molar-refractivity contribution in [2.45, 2.75) is 56.7 Å². The van der Waals surface area contributed by atoms with Gasteiger partial charge in [-0.2, -0.15) is 11.8 Å². The van der Waals surface area contributed by atoms with Crippen LogP contribution in [0.1, 0.15) is 43.2 Å². The zero-order valence-corrected chi connectivity index (χ0v) is 13.3. The largest absolute Gasteiger partial charge is 0.327 e. The minimum absolute atomic E-state index is 0.215. The standard InChI is InChI=1S/C16H24ClNS/c1-12-7-8-13(16(17)9-12)10-14(18)11-19-15-5-3-2-4-6-15/h7-9,14-15H,2-6,10-11,18H2,1H3. The second-order valence-electron chi connectivity index (χ2n) is 5.65. The Morgan fingerprint density at radius 1 is 1.32 bits per heavy atom. The number of hydrogen-bond acceptors (Lipinski definition) is 2. The van der Waals surface area contributed by atoms with Crippen LogP contribution in [-0.4, -0.2) is 17.0 Å². The predicted octanol–water partition coefficient (Wildman–Crippen LogP) is 4.58. The minimum Gasteiger partial charge on any atom is -0.327 e. The number of thioether (sulfide) groups is 1. The Morgan fingerprint density at radius 2 is 2.05 bits per heavy atom. The Labute approximate surface area is 126 Å². The van der Waals surface area contributed by atoms with E-state index in [4.69, 9.17) is 17.3 Å². The van der Waals surface area contributed by atoms with Gasteiger partial charge in [-0.05, 0) is 43.4 Å². The smallest absolute Gasteiger partial charge is 0.0441 e. The average molecular weight is 298 g/mol. The third kappa shape index (κ3) is 5.02. The van der Waals surface area contributed by atoms with Crippen LogP contribution in [-0.2, 0) is 6.42 Å². The Morgan fingerprint density at radius 3 is 2.74 bits per heavy atom. The summed E-state index contributed by atoms with van der Waals surface area (Å²) in [6, 6.07) is 6.47. The highest BCUT2D eigenvalue weighted by Gasteiger charge is 2.15. The van der Waals surface area contributed by atoms with Gasteiger partial charge in [0.05, 0.1) is 0 Å². The molecule has 2 N–H and O–H groups in total. The second-order valence-corrected chi connectivity index (χ2v) is 7.39. The van der Waals surface area contributed by atoms with Crippen LogP contribution in [0.2, 0.25) is 5.02 Å². The van der Waals surface area contributed by atoms with Crippen LogP contribution in [0.25, 0.3) is 0 Å². The van der Waals surface area contributed by atoms with Crippen molar-refractivity contribution >= 4 is 23.4 Å². The maximum Gasteiger partial charge on any atom is 0.0441 e. The molecule has 106 valence electrons. The van der Waals surface area contributed by atoms with Crippen LogP contribution in [0.5, 0.6) is 0 Å². The van der Waals surface area contributed by atoms with Crippen molar-refractivity contribution in [2.75, 3.05) is 5.75 Å². The number of halogens is 1. The molecule has 1 unspecified atom stereocenters. The highest BCUT2D eigenvalue weighted by Crippen LogP contribution is 2.29. The van der Waals surface area contributed by atoms with Crippen molar-refractivity contribution in [1.29, 1.82) is 0 Å². The molecule has 3 heteroatoms. The Hall–Kier alpha value is -0.180. The second kappa shape index (κ2) is 7.56. The molecule has 1 aliphatic rings. The van der Waals surface area contributed by atoms with Gasteiger partial charge in [-0.15, -0.1) is 0 Å². The van der Waals surface area contributed by atoms with Gasteiger partial charge in [0.25, 0.3) is 0 Å². The van der Waals surface area contributed by atoms with Crippen LogP contribution in [0.15, 0.2) is 18.2 Å². The summed E-state index contributed by atoms with van der Waals surface area (Å²) in [7, 11) is 0. The third-order valence-corrected chi connectivity index (χ3v) is 5.70. The molecule has 1 aromatic carbocycles. The molecule has 1 aliphatic carbocycles. The summed E-state index contributed by atoms with van der Waals surface area (Å²) in [5.74, 6) is 1.05. The van der Waals surface area contributed by atoms with E-state index in [1.165, 1.54) is 43.2 Å². The monoisotopic (exact) mass is 297 g/mol. The molecule has 1 aromatic rings. The van der Waals surface area contributed by atoms with E-state index in [1.807, 2.05) is 6.07 Å². The van der Waals surface area contributed by atoms with Gasteiger partial charge in [0.15, 0.2) is 0 Å². The van der Waals surface area contributed by atoms with E-state index in [9.17, 15) is 0 Å². The summed E-state index contributed by atoms with van der Waals surface area (Å²) in [6.07, 6.45) is 7.86. The fourth-order valence-electron chi connectivity index (χ4n) is 2.65. The number of hydrogen-bond donors (Lipinski definition) is 1. The number of aryl methyl sites for hydroxylation is 1. The van der Waals surface area contributed by atoms with Gasteiger partial charge in [0.1, 0.15) is 0 Å². The van der Waals surface area contributed by atoms with Crippen LogP contribution in [0.3, 0.4) is 0 Å². The maximum atomic E-state index is 6.26. The Balaban J connectivity index is 1.78. The molecule has 0 saturated heterocycles. The maximum absolute atomic E-state index is 6.26. The molecule has 19 heavy (non-hydrogen) atoms. The highest BCUT2D eigenvalue weighted by atomic mass is 35.5. The van der Waals surface area contributed by atoms with E-state index in [1.54, 1.807) is 0 Å². The van der Waals surface area contributed by atoms with Crippen molar-refractivity contribution in [2.24, 2.45) is 5.73 Å². The molecule has 1 saturated carbocycles. The van der Waals surface area contributed by atoms with Crippen LogP contribution >= 0.6 is 23.4 Å². The molecular formula is C16H24ClNS. The van der Waals surface area contributed by atoms with Crippen LogP contribution in [0.4, 0.5) is 0 Å². The number of benzene rings is 1. The van der Waals surface area contributed by atoms with E-state index in [0.717, 1.165) is 22.4 Å². The van der Waals surface area contributed by atoms with Crippen LogP contribution < -0.4 is 5.73 Å². The normalized spacial score (nSPS) is 18.5. The molecule has 0 aromatic heterocycles. The predicted molar refractivity (Wildman–Crippen MR) is 87.2 cm³/mol. The van der Waals surface area contributed by atoms with Gasteiger partial charge in [0, 0.05) is 22.1 Å². The molecule has 0 aliphatic heterocycles. The summed E-state index contributed by atoms with van der Waals surface area (Å²) in [4.78, 5) is 0. The Bertz CT molecular complexity index is 402. The SMILES string of the molecule is Cc1ccc(CC(N)CSC2CCCCC2)c(Cl)c1. The first kappa shape index (κ1) is 15.2. The zero-order valence-electron chi connectivity index (χ0n) is 11.7. The summed E-state index contributed by atoms with van der Waals surface area (Å²) in [5, 5.41) is 1.70. The van der Waals surface area contributed by atoms with Gasteiger partial charge in [-0.1, -0.05) is 43.0 Å². The molecule has 0 radical (unpaired) electrons. The van der Waals surface area contributed by atoms with Gasteiger partial charge in [-0.3, -0.25) is 0 Å².